The smallest absolute Gasteiger partial charge is 0.269 e. The molecule has 11 heteroatoms. The predicted molar refractivity (Wildman–Crippen MR) is 131 cm³/mol. The first-order chi connectivity index (χ1) is 16.3. The van der Waals surface area contributed by atoms with Crippen molar-refractivity contribution >= 4 is 34.4 Å². The van der Waals surface area contributed by atoms with Gasteiger partial charge in [-0.2, -0.15) is 0 Å². The van der Waals surface area contributed by atoms with Crippen LogP contribution in [0, 0.1) is 20.2 Å². The van der Waals surface area contributed by atoms with Gasteiger partial charge in [0.1, 0.15) is 13.2 Å². The summed E-state index contributed by atoms with van der Waals surface area (Å²) in [4.78, 5) is 24.7. The van der Waals surface area contributed by atoms with E-state index in [1.807, 2.05) is 27.7 Å². The molecule has 0 aliphatic carbocycles. The average Bonchev–Trinajstić information content (AvgIpc) is 3.35. The Morgan fingerprint density at radius 2 is 1.49 bits per heavy atom. The van der Waals surface area contributed by atoms with Crippen molar-refractivity contribution in [2.75, 3.05) is 13.2 Å². The highest BCUT2D eigenvalue weighted by molar-refractivity contribution is 6.41. The first-order valence-corrected chi connectivity index (χ1v) is 11.3. The number of alkyl halides is 1. The van der Waals surface area contributed by atoms with Gasteiger partial charge < -0.3 is 14.8 Å². The van der Waals surface area contributed by atoms with Crippen LogP contribution in [0.4, 0.5) is 11.4 Å². The molecule has 2 aliphatic heterocycles. The minimum Gasteiger partial charge on any atom is -0.477 e. The molecule has 10 nitrogen and oxygen atoms in total. The molecule has 2 aromatic rings. The van der Waals surface area contributed by atoms with E-state index in [0.29, 0.717) is 29.2 Å². The maximum Gasteiger partial charge on any atom is 0.269 e. The molecule has 2 aliphatic rings. The molecule has 35 heavy (non-hydrogen) atoms. The Hall–Kier alpha value is -3.66. The summed E-state index contributed by atoms with van der Waals surface area (Å²) in [6.07, 6.45) is 0. The monoisotopic (exact) mass is 500 g/mol. The summed E-state index contributed by atoms with van der Waals surface area (Å²) in [6, 6.07) is 11.7. The number of nitrogens with one attached hydrogen (secondary N) is 1. The molecule has 1 fully saturated rings. The number of nitro benzene ring substituents is 2. The minimum atomic E-state index is -1.55. The summed E-state index contributed by atoms with van der Waals surface area (Å²) in [5.41, 5.74) is 0.312. The van der Waals surface area contributed by atoms with E-state index in [4.69, 9.17) is 26.1 Å². The van der Waals surface area contributed by atoms with Crippen molar-refractivity contribution in [3.05, 3.63) is 85.8 Å². The molecule has 1 atom stereocenters. The van der Waals surface area contributed by atoms with Gasteiger partial charge in [-0.25, -0.2) is 4.99 Å². The van der Waals surface area contributed by atoms with E-state index in [9.17, 15) is 20.2 Å². The maximum absolute atomic E-state index is 11.3. The zero-order valence-corrected chi connectivity index (χ0v) is 20.5. The molecule has 4 rings (SSSR count). The zero-order valence-electron chi connectivity index (χ0n) is 19.7. The quantitative estimate of drug-likeness (QED) is 0.339. The Labute approximate surface area is 206 Å². The van der Waals surface area contributed by atoms with Crippen molar-refractivity contribution in [1.82, 2.24) is 5.32 Å². The van der Waals surface area contributed by atoms with E-state index in [2.05, 4.69) is 5.32 Å². The summed E-state index contributed by atoms with van der Waals surface area (Å²) in [5.74, 6) is 0.571. The van der Waals surface area contributed by atoms with Gasteiger partial charge in [0.15, 0.2) is 10.8 Å². The summed E-state index contributed by atoms with van der Waals surface area (Å²) in [5, 5.41) is 25.8. The van der Waals surface area contributed by atoms with E-state index >= 15 is 0 Å². The van der Waals surface area contributed by atoms with Crippen molar-refractivity contribution in [1.29, 1.82) is 0 Å². The average molecular weight is 501 g/mol. The number of ether oxygens (including phenoxy) is 2. The lowest BCUT2D eigenvalue weighted by atomic mass is 9.85. The standard InChI is InChI=1S/C24H25ClN4O6/c1-22(2)13-34-20(26-22)19(15-5-9-17(10-6-15)28(30)31)24(25,21-27-23(3,4)14-35-21)16-7-11-18(12-8-16)29(32)33/h5-12,26H,13-14H2,1-4H3/b20-19+. The molecule has 0 saturated carbocycles. The molecular formula is C24H25ClN4O6. The van der Waals surface area contributed by atoms with Crippen LogP contribution in [-0.4, -0.2) is 40.0 Å². The molecule has 1 N–H and O–H groups in total. The Morgan fingerprint density at radius 1 is 0.943 bits per heavy atom. The first-order valence-electron chi connectivity index (χ1n) is 10.9. The Morgan fingerprint density at radius 3 is 1.91 bits per heavy atom. The van der Waals surface area contributed by atoms with Gasteiger partial charge in [-0.3, -0.25) is 20.2 Å². The second-order valence-corrected chi connectivity index (χ2v) is 10.4. The van der Waals surface area contributed by atoms with Gasteiger partial charge in [-0.1, -0.05) is 11.6 Å². The summed E-state index contributed by atoms with van der Waals surface area (Å²) >= 11 is 7.47. The third-order valence-corrected chi connectivity index (χ3v) is 6.27. The topological polar surface area (TPSA) is 129 Å². The fourth-order valence-electron chi connectivity index (χ4n) is 3.95. The molecule has 0 radical (unpaired) electrons. The summed E-state index contributed by atoms with van der Waals surface area (Å²) in [6.45, 7) is 8.36. The summed E-state index contributed by atoms with van der Waals surface area (Å²) in [7, 11) is 0. The van der Waals surface area contributed by atoms with Gasteiger partial charge >= 0.3 is 0 Å². The fourth-order valence-corrected chi connectivity index (χ4v) is 4.37. The van der Waals surface area contributed by atoms with Crippen LogP contribution in [0.2, 0.25) is 0 Å². The number of nitrogens with zero attached hydrogens (tertiary/aromatic N) is 3. The fraction of sp³-hybridized carbons (Fsp3) is 0.375. The van der Waals surface area contributed by atoms with Crippen LogP contribution in [0.5, 0.6) is 0 Å². The molecule has 0 aromatic heterocycles. The molecule has 2 heterocycles. The van der Waals surface area contributed by atoms with Crippen LogP contribution in [0.1, 0.15) is 38.8 Å². The highest BCUT2D eigenvalue weighted by atomic mass is 35.5. The lowest BCUT2D eigenvalue weighted by Crippen LogP contribution is -2.37. The molecule has 0 bridgehead atoms. The zero-order chi connectivity index (χ0) is 25.6. The van der Waals surface area contributed by atoms with Crippen LogP contribution in [0.3, 0.4) is 0 Å². The van der Waals surface area contributed by atoms with Gasteiger partial charge in [0.25, 0.3) is 11.4 Å². The Balaban J connectivity index is 1.99. The molecule has 0 amide bonds. The van der Waals surface area contributed by atoms with Gasteiger partial charge in [0.05, 0.1) is 26.5 Å². The first kappa shape index (κ1) is 24.5. The van der Waals surface area contributed by atoms with E-state index < -0.39 is 25.8 Å². The molecule has 0 spiro atoms. The number of nitro groups is 2. The van der Waals surface area contributed by atoms with E-state index in [-0.39, 0.29) is 23.9 Å². The van der Waals surface area contributed by atoms with Gasteiger partial charge in [-0.15, -0.1) is 0 Å². The normalized spacial score (nSPS) is 21.1. The number of hydrogen-bond donors (Lipinski definition) is 1. The van der Waals surface area contributed by atoms with Crippen molar-refractivity contribution in [3.8, 4) is 0 Å². The van der Waals surface area contributed by atoms with Crippen molar-refractivity contribution in [2.45, 2.75) is 43.6 Å². The second kappa shape index (κ2) is 8.53. The lowest BCUT2D eigenvalue weighted by molar-refractivity contribution is -0.385. The van der Waals surface area contributed by atoms with Gasteiger partial charge in [0.2, 0.25) is 5.90 Å². The van der Waals surface area contributed by atoms with Crippen LogP contribution in [-0.2, 0) is 14.3 Å². The number of non-ortho nitro benzene ring substituents is 2. The van der Waals surface area contributed by atoms with E-state index in [1.54, 1.807) is 24.3 Å². The lowest BCUT2D eigenvalue weighted by Gasteiger charge is -2.31. The maximum atomic E-state index is 11.3. The Bertz CT molecular complexity index is 1240. The molecule has 1 saturated heterocycles. The van der Waals surface area contributed by atoms with E-state index in [1.165, 1.54) is 24.3 Å². The third-order valence-electron chi connectivity index (χ3n) is 5.70. The third kappa shape index (κ3) is 4.66. The van der Waals surface area contributed by atoms with Crippen LogP contribution in [0.15, 0.2) is 59.4 Å². The molecular weight excluding hydrogens is 476 g/mol. The van der Waals surface area contributed by atoms with Crippen molar-refractivity contribution in [2.24, 2.45) is 4.99 Å². The van der Waals surface area contributed by atoms with E-state index in [0.717, 1.165) is 0 Å². The van der Waals surface area contributed by atoms with Crippen LogP contribution < -0.4 is 5.32 Å². The molecule has 2 aromatic carbocycles. The second-order valence-electron chi connectivity index (χ2n) is 9.79. The number of aliphatic imine (C=N–C) groups is 1. The highest BCUT2D eigenvalue weighted by Gasteiger charge is 2.49. The number of rotatable bonds is 6. The van der Waals surface area contributed by atoms with Gasteiger partial charge in [-0.05, 0) is 63.1 Å². The largest absolute Gasteiger partial charge is 0.477 e. The number of hydrogen-bond acceptors (Lipinski definition) is 8. The molecule has 1 unspecified atom stereocenters. The van der Waals surface area contributed by atoms with Gasteiger partial charge in [0, 0.05) is 24.3 Å². The minimum absolute atomic E-state index is 0.0789. The van der Waals surface area contributed by atoms with Crippen LogP contribution >= 0.6 is 11.6 Å². The SMILES string of the molecule is CC1(C)COC(C(Cl)(/C(=C2\NC(C)(C)CO2)c2ccc([N+](=O)[O-])cc2)c2ccc([N+](=O)[O-])cc2)=N1. The van der Waals surface area contributed by atoms with Crippen molar-refractivity contribution in [3.63, 3.8) is 0 Å². The number of benzene rings is 2. The summed E-state index contributed by atoms with van der Waals surface area (Å²) < 4.78 is 12.0. The number of halogens is 1. The predicted octanol–water partition coefficient (Wildman–Crippen LogP) is 4.91. The highest BCUT2D eigenvalue weighted by Crippen LogP contribution is 2.48. The van der Waals surface area contributed by atoms with Crippen molar-refractivity contribution < 1.29 is 19.3 Å². The molecule has 184 valence electrons. The van der Waals surface area contributed by atoms with Crippen LogP contribution in [0.25, 0.3) is 5.57 Å². The Kier molecular flexibility index (Phi) is 5.96.